The molecule has 0 unspecified atom stereocenters. The van der Waals surface area contributed by atoms with Crippen molar-refractivity contribution >= 4 is 0 Å². The molecule has 0 N–H and O–H groups in total. The lowest BCUT2D eigenvalue weighted by atomic mass is 10.0. The fourth-order valence-corrected chi connectivity index (χ4v) is 10.7. The molecule has 0 aliphatic carbocycles. The molecule has 0 bridgehead atoms. The van der Waals surface area contributed by atoms with Crippen molar-refractivity contribution in [3.8, 4) is 0 Å². The predicted octanol–water partition coefficient (Wildman–Crippen LogP) is 27.0. The monoisotopic (exact) mass is 1230 g/mol. The van der Waals surface area contributed by atoms with Gasteiger partial charge in [0, 0.05) is 13.2 Å². The first-order chi connectivity index (χ1) is 43.9. The fraction of sp³-hybridized carbons (Fsp3) is 0.718. The van der Waals surface area contributed by atoms with Crippen molar-refractivity contribution in [2.75, 3.05) is 54.5 Å². The van der Waals surface area contributed by atoms with E-state index in [0.717, 1.165) is 103 Å². The fourth-order valence-electron chi connectivity index (χ4n) is 10.7. The van der Waals surface area contributed by atoms with Crippen LogP contribution in [0.1, 0.15) is 329 Å². The maximum absolute atomic E-state index is 6.42. The molecule has 0 amide bonds. The Balaban J connectivity index is 0. The highest BCUT2D eigenvalue weighted by Gasteiger charge is 2.11. The average molecular weight is 1230 g/mol. The molecule has 0 spiro atoms. The van der Waals surface area contributed by atoms with Gasteiger partial charge in [-0.3, -0.25) is 0 Å². The molecule has 4 heteroatoms. The highest BCUT2D eigenvalue weighted by Crippen LogP contribution is 2.20. The van der Waals surface area contributed by atoms with Crippen molar-refractivity contribution in [3.63, 3.8) is 0 Å². The van der Waals surface area contributed by atoms with Crippen LogP contribution in [-0.4, -0.2) is 76.5 Å². The first kappa shape index (κ1) is 87.8. The van der Waals surface area contributed by atoms with Gasteiger partial charge in [0.05, 0.1) is 12.2 Å². The van der Waals surface area contributed by atoms with E-state index in [4.69, 9.17) is 9.47 Å². The molecule has 0 saturated carbocycles. The molecule has 0 aliphatic heterocycles. The van der Waals surface area contributed by atoms with Crippen LogP contribution in [0.3, 0.4) is 0 Å². The van der Waals surface area contributed by atoms with Crippen LogP contribution in [0.25, 0.3) is 0 Å². The third-order valence-electron chi connectivity index (χ3n) is 16.2. The quantitative estimate of drug-likeness (QED) is 0.0448. The van der Waals surface area contributed by atoms with Gasteiger partial charge in [0.2, 0.25) is 0 Å². The van der Waals surface area contributed by atoms with Gasteiger partial charge < -0.3 is 19.3 Å². The van der Waals surface area contributed by atoms with Gasteiger partial charge in [-0.1, -0.05) is 302 Å². The summed E-state index contributed by atoms with van der Waals surface area (Å²) in [6.07, 6.45) is 115. The Labute approximate surface area is 558 Å². The Bertz CT molecular complexity index is 1610. The number of rotatable bonds is 67. The molecule has 514 valence electrons. The third-order valence-corrected chi connectivity index (χ3v) is 16.2. The van der Waals surface area contributed by atoms with E-state index in [-0.39, 0.29) is 0 Å². The normalized spacial score (nSPS) is 12.9. The first-order valence-electron chi connectivity index (χ1n) is 38.2. The first-order valence-corrected chi connectivity index (χ1v) is 38.2. The zero-order valence-corrected chi connectivity index (χ0v) is 60.8. The number of hydrogen-bond acceptors (Lipinski definition) is 4. The van der Waals surface area contributed by atoms with E-state index in [1.54, 1.807) is 0 Å². The zero-order chi connectivity index (χ0) is 64.8. The average Bonchev–Trinajstić information content (AvgIpc) is 3.55. The Morgan fingerprint density at radius 3 is 0.663 bits per heavy atom. The summed E-state index contributed by atoms with van der Waals surface area (Å²) in [6.45, 7) is 12.9. The lowest BCUT2D eigenvalue weighted by Crippen LogP contribution is -2.18. The lowest BCUT2D eigenvalue weighted by molar-refractivity contribution is 0.0342. The van der Waals surface area contributed by atoms with Crippen LogP contribution in [0.5, 0.6) is 0 Å². The lowest BCUT2D eigenvalue weighted by Gasteiger charge is -2.19. The molecule has 0 fully saturated rings. The maximum atomic E-state index is 6.42. The van der Waals surface area contributed by atoms with Crippen molar-refractivity contribution in [3.05, 3.63) is 146 Å². The van der Waals surface area contributed by atoms with E-state index in [0.29, 0.717) is 12.2 Å². The molecule has 0 aromatic heterocycles. The summed E-state index contributed by atoms with van der Waals surface area (Å²) in [4.78, 5) is 4.54. The molecule has 0 radical (unpaired) electrons. The number of hydrogen-bond donors (Lipinski definition) is 0. The van der Waals surface area contributed by atoms with Crippen molar-refractivity contribution < 1.29 is 9.47 Å². The summed E-state index contributed by atoms with van der Waals surface area (Å²) >= 11 is 0. The SMILES string of the molecule is CC/C=C\C/C=C\C/C=C\CCCCCCCCC(CCCCCCCC/C=C\C/C=C\C/C=C\CC)OCCCCN(C)C.CC/C=C\C/C=C\C/C=C\CCCCCCCCC(CCCCCCCC/C=C\C/C=C\C/C=C\CC)OCCCN(C)C. The van der Waals surface area contributed by atoms with Gasteiger partial charge in [0.1, 0.15) is 0 Å². The molecule has 0 heterocycles. The van der Waals surface area contributed by atoms with Gasteiger partial charge in [-0.25, -0.2) is 0 Å². The summed E-state index contributed by atoms with van der Waals surface area (Å²) in [5.74, 6) is 0. The number of allylic oxidation sites excluding steroid dienone is 24. The minimum Gasteiger partial charge on any atom is -0.378 e. The Morgan fingerprint density at radius 1 is 0.213 bits per heavy atom. The van der Waals surface area contributed by atoms with Gasteiger partial charge in [-0.2, -0.15) is 0 Å². The van der Waals surface area contributed by atoms with Crippen LogP contribution in [0, 0.1) is 0 Å². The topological polar surface area (TPSA) is 24.9 Å². The summed E-state index contributed by atoms with van der Waals surface area (Å²) in [5, 5.41) is 0. The minimum atomic E-state index is 0.473. The van der Waals surface area contributed by atoms with Crippen molar-refractivity contribution in [1.82, 2.24) is 9.80 Å². The molecule has 0 saturated heterocycles. The number of unbranched alkanes of at least 4 members (excludes halogenated alkanes) is 25. The summed E-state index contributed by atoms with van der Waals surface area (Å²) in [6, 6.07) is 0. The largest absolute Gasteiger partial charge is 0.378 e. The number of nitrogens with zero attached hydrogens (tertiary/aromatic N) is 2. The maximum Gasteiger partial charge on any atom is 0.0575 e. The van der Waals surface area contributed by atoms with Crippen molar-refractivity contribution in [2.45, 2.75) is 342 Å². The van der Waals surface area contributed by atoms with E-state index < -0.39 is 0 Å². The van der Waals surface area contributed by atoms with Gasteiger partial charge in [0.15, 0.2) is 0 Å². The molecule has 89 heavy (non-hydrogen) atoms. The zero-order valence-electron chi connectivity index (χ0n) is 60.8. The van der Waals surface area contributed by atoms with Gasteiger partial charge in [-0.15, -0.1) is 0 Å². The van der Waals surface area contributed by atoms with E-state index in [9.17, 15) is 0 Å². The standard InChI is InChI=1S/C43H77NO.C42H75NO/c1-5-7-9-11-13-15-17-19-21-23-25-27-29-31-33-35-39-43(45-42-38-37-41-44(3)4)40-36-34-32-30-28-26-24-22-20-18-16-14-12-10-8-6-2;1-5-7-9-11-13-15-17-19-21-23-25-27-29-31-33-35-38-42(44-41-37-40-43(3)4)39-36-34-32-30-28-26-24-22-20-18-16-14-12-10-8-6-2/h7-10,13-16,19-22,43H,5-6,11-12,17-18,23-42H2,1-4H3;7-10,13-16,19-22,42H,5-6,11-12,17-18,23-41H2,1-4H3/b2*9-7-,10-8-,15-13-,16-14-,21-19-,22-20-. The summed E-state index contributed by atoms with van der Waals surface area (Å²) < 4.78 is 12.8. The van der Waals surface area contributed by atoms with Crippen LogP contribution < -0.4 is 0 Å². The van der Waals surface area contributed by atoms with Crippen molar-refractivity contribution in [1.29, 1.82) is 0 Å². The predicted molar refractivity (Wildman–Crippen MR) is 406 cm³/mol. The molecular formula is C85H152N2O2. The Morgan fingerprint density at radius 2 is 0.416 bits per heavy atom. The van der Waals surface area contributed by atoms with E-state index in [1.165, 1.54) is 225 Å². The van der Waals surface area contributed by atoms with Crippen LogP contribution in [0.4, 0.5) is 0 Å². The second-order valence-electron chi connectivity index (χ2n) is 25.6. The van der Waals surface area contributed by atoms with Crippen LogP contribution in [-0.2, 0) is 9.47 Å². The highest BCUT2D eigenvalue weighted by atomic mass is 16.5. The molecular weight excluding hydrogens is 1080 g/mol. The molecule has 0 atom stereocenters. The summed E-state index contributed by atoms with van der Waals surface area (Å²) in [7, 11) is 8.64. The number of ether oxygens (including phenoxy) is 2. The van der Waals surface area contributed by atoms with Gasteiger partial charge in [0.25, 0.3) is 0 Å². The third kappa shape index (κ3) is 82.7. The Hall–Kier alpha value is -3.28. The van der Waals surface area contributed by atoms with Gasteiger partial charge >= 0.3 is 0 Å². The molecule has 0 aliphatic rings. The smallest absolute Gasteiger partial charge is 0.0575 e. The van der Waals surface area contributed by atoms with Crippen LogP contribution >= 0.6 is 0 Å². The molecule has 0 rings (SSSR count). The van der Waals surface area contributed by atoms with Crippen LogP contribution in [0.15, 0.2) is 146 Å². The molecule has 0 aromatic rings. The Kier molecular flexibility index (Phi) is 79.7. The minimum absolute atomic E-state index is 0.473. The van der Waals surface area contributed by atoms with Gasteiger partial charge in [-0.05, 0) is 215 Å². The molecule has 0 aromatic carbocycles. The van der Waals surface area contributed by atoms with Crippen molar-refractivity contribution in [2.24, 2.45) is 0 Å². The summed E-state index contributed by atoms with van der Waals surface area (Å²) in [5.41, 5.74) is 0. The van der Waals surface area contributed by atoms with E-state index >= 15 is 0 Å². The van der Waals surface area contributed by atoms with E-state index in [2.05, 4.69) is 212 Å². The molecule has 4 nitrogen and oxygen atoms in total. The van der Waals surface area contributed by atoms with Crippen LogP contribution in [0.2, 0.25) is 0 Å². The second kappa shape index (κ2) is 80.8. The highest BCUT2D eigenvalue weighted by molar-refractivity contribution is 5.00. The van der Waals surface area contributed by atoms with E-state index in [1.807, 2.05) is 0 Å². The second-order valence-corrected chi connectivity index (χ2v) is 25.6.